The van der Waals surface area contributed by atoms with Crippen LogP contribution in [0.4, 0.5) is 0 Å². The lowest BCUT2D eigenvalue weighted by Gasteiger charge is -2.19. The number of halogens is 1. The highest BCUT2D eigenvalue weighted by Gasteiger charge is 2.25. The van der Waals surface area contributed by atoms with E-state index >= 15 is 0 Å². The summed E-state index contributed by atoms with van der Waals surface area (Å²) in [4.78, 5) is 26.8. The van der Waals surface area contributed by atoms with Gasteiger partial charge < -0.3 is 10.4 Å². The zero-order valence-corrected chi connectivity index (χ0v) is 11.0. The second kappa shape index (κ2) is 6.43. The van der Waals surface area contributed by atoms with Crippen molar-refractivity contribution in [3.63, 3.8) is 0 Å². The molecule has 2 amide bonds. The van der Waals surface area contributed by atoms with Gasteiger partial charge in [-0.3, -0.25) is 19.8 Å². The highest BCUT2D eigenvalue weighted by molar-refractivity contribution is 9.10. The van der Waals surface area contributed by atoms with Crippen LogP contribution in [0.1, 0.15) is 17.3 Å². The molecule has 0 fully saturated rings. The summed E-state index contributed by atoms with van der Waals surface area (Å²) in [6, 6.07) is 0.264. The minimum Gasteiger partial charge on any atom is -0.391 e. The van der Waals surface area contributed by atoms with Crippen molar-refractivity contribution in [2.24, 2.45) is 0 Å². The quantitative estimate of drug-likeness (QED) is 0.455. The zero-order valence-electron chi connectivity index (χ0n) is 9.42. The first-order valence-electron chi connectivity index (χ1n) is 4.99. The maximum absolute atomic E-state index is 11.8. The van der Waals surface area contributed by atoms with E-state index in [1.165, 1.54) is 30.9 Å². The van der Waals surface area contributed by atoms with Crippen LogP contribution < -0.4 is 10.8 Å². The Hall–Kier alpha value is -1.51. The van der Waals surface area contributed by atoms with Gasteiger partial charge in [-0.25, -0.2) is 5.48 Å². The number of carbonyl (C=O) groups is 2. The summed E-state index contributed by atoms with van der Waals surface area (Å²) in [6.45, 7) is 1.32. The van der Waals surface area contributed by atoms with E-state index in [0.717, 1.165) is 0 Å². The minimum absolute atomic E-state index is 0.223. The molecule has 2 atom stereocenters. The Morgan fingerprint density at radius 3 is 2.61 bits per heavy atom. The van der Waals surface area contributed by atoms with E-state index in [1.54, 1.807) is 0 Å². The fourth-order valence-electron chi connectivity index (χ4n) is 1.24. The average Bonchev–Trinajstić information content (AvgIpc) is 2.34. The standard InChI is InChI=1S/C10H12BrN3O4/c1-5(15)8(10(17)14-18)13-9(16)6-2-7(11)4-12-3-6/h2-5,8,15,18H,1H3,(H,13,16)(H,14,17)/t5-,8+/m1/s1. The lowest BCUT2D eigenvalue weighted by molar-refractivity contribution is -0.133. The molecule has 0 aliphatic carbocycles. The van der Waals surface area contributed by atoms with Gasteiger partial charge in [0.1, 0.15) is 6.04 Å². The van der Waals surface area contributed by atoms with E-state index in [4.69, 9.17) is 5.21 Å². The van der Waals surface area contributed by atoms with Gasteiger partial charge in [0.2, 0.25) is 0 Å². The normalized spacial score (nSPS) is 13.6. The summed E-state index contributed by atoms with van der Waals surface area (Å²) >= 11 is 3.16. The smallest absolute Gasteiger partial charge is 0.268 e. The molecule has 1 rings (SSSR count). The third-order valence-electron chi connectivity index (χ3n) is 2.13. The Labute approximate surface area is 111 Å². The molecule has 1 aromatic rings. The first-order chi connectivity index (χ1) is 8.45. The fraction of sp³-hybridized carbons (Fsp3) is 0.300. The van der Waals surface area contributed by atoms with Crippen LogP contribution in [0.15, 0.2) is 22.9 Å². The Balaban J connectivity index is 2.82. The second-order valence-corrected chi connectivity index (χ2v) is 4.48. The third-order valence-corrected chi connectivity index (χ3v) is 2.56. The molecule has 98 valence electrons. The number of aliphatic hydroxyl groups is 1. The predicted molar refractivity (Wildman–Crippen MR) is 64.8 cm³/mol. The predicted octanol–water partition coefficient (Wildman–Crippen LogP) is -0.171. The van der Waals surface area contributed by atoms with Crippen LogP contribution in [0.5, 0.6) is 0 Å². The number of nitrogens with zero attached hydrogens (tertiary/aromatic N) is 1. The average molecular weight is 318 g/mol. The van der Waals surface area contributed by atoms with Crippen LogP contribution in [0.2, 0.25) is 0 Å². The molecule has 0 saturated heterocycles. The van der Waals surface area contributed by atoms with Gasteiger partial charge in [-0.05, 0) is 28.9 Å². The van der Waals surface area contributed by atoms with Gasteiger partial charge in [0.05, 0.1) is 11.7 Å². The highest BCUT2D eigenvalue weighted by atomic mass is 79.9. The number of nitrogens with one attached hydrogen (secondary N) is 2. The number of rotatable bonds is 4. The number of aromatic nitrogens is 1. The van der Waals surface area contributed by atoms with Crippen molar-refractivity contribution in [2.75, 3.05) is 0 Å². The van der Waals surface area contributed by atoms with Gasteiger partial charge in [-0.1, -0.05) is 0 Å². The molecule has 0 bridgehead atoms. The SMILES string of the molecule is C[C@@H](O)[C@H](NC(=O)c1cncc(Br)c1)C(=O)NO. The Morgan fingerprint density at radius 1 is 1.44 bits per heavy atom. The molecule has 1 aromatic heterocycles. The van der Waals surface area contributed by atoms with Gasteiger partial charge >= 0.3 is 0 Å². The van der Waals surface area contributed by atoms with Gasteiger partial charge in [-0.15, -0.1) is 0 Å². The summed E-state index contributed by atoms with van der Waals surface area (Å²) < 4.78 is 0.607. The number of aliphatic hydroxyl groups excluding tert-OH is 1. The van der Waals surface area contributed by atoms with E-state index in [0.29, 0.717) is 4.47 Å². The van der Waals surface area contributed by atoms with Crippen molar-refractivity contribution in [3.05, 3.63) is 28.5 Å². The Bertz CT molecular complexity index is 453. The van der Waals surface area contributed by atoms with Crippen molar-refractivity contribution >= 4 is 27.7 Å². The molecular formula is C10H12BrN3O4. The molecule has 18 heavy (non-hydrogen) atoms. The summed E-state index contributed by atoms with van der Waals surface area (Å²) in [5.41, 5.74) is 1.60. The third kappa shape index (κ3) is 3.76. The molecule has 0 spiro atoms. The lowest BCUT2D eigenvalue weighted by Crippen LogP contribution is -2.51. The van der Waals surface area contributed by atoms with Crippen molar-refractivity contribution in [2.45, 2.75) is 19.1 Å². The molecule has 4 N–H and O–H groups in total. The van der Waals surface area contributed by atoms with E-state index in [9.17, 15) is 14.7 Å². The maximum Gasteiger partial charge on any atom is 0.268 e. The zero-order chi connectivity index (χ0) is 13.7. The van der Waals surface area contributed by atoms with Gasteiger partial charge in [0, 0.05) is 16.9 Å². The van der Waals surface area contributed by atoms with Crippen LogP contribution in [0, 0.1) is 0 Å². The fourth-order valence-corrected chi connectivity index (χ4v) is 1.60. The topological polar surface area (TPSA) is 112 Å². The van der Waals surface area contributed by atoms with E-state index in [1.807, 2.05) is 0 Å². The van der Waals surface area contributed by atoms with Crippen molar-refractivity contribution in [1.82, 2.24) is 15.8 Å². The molecule has 0 unspecified atom stereocenters. The summed E-state index contributed by atoms with van der Waals surface area (Å²) in [5, 5.41) is 20.1. The molecule has 0 aromatic carbocycles. The molecule has 8 heteroatoms. The molecular weight excluding hydrogens is 306 g/mol. The lowest BCUT2D eigenvalue weighted by atomic mass is 10.1. The number of carbonyl (C=O) groups excluding carboxylic acids is 2. The number of hydrogen-bond donors (Lipinski definition) is 4. The summed E-state index contributed by atoms with van der Waals surface area (Å²) in [5.74, 6) is -1.49. The number of pyridine rings is 1. The monoisotopic (exact) mass is 317 g/mol. The van der Waals surface area contributed by atoms with Gasteiger partial charge in [0.15, 0.2) is 0 Å². The first kappa shape index (κ1) is 14.6. The van der Waals surface area contributed by atoms with Crippen molar-refractivity contribution in [3.8, 4) is 0 Å². The van der Waals surface area contributed by atoms with Crippen LogP contribution in [0.25, 0.3) is 0 Å². The van der Waals surface area contributed by atoms with Crippen LogP contribution in [0.3, 0.4) is 0 Å². The van der Waals surface area contributed by atoms with Crippen LogP contribution in [-0.2, 0) is 4.79 Å². The molecule has 0 aliphatic rings. The van der Waals surface area contributed by atoms with Crippen LogP contribution in [-0.4, -0.2) is 39.3 Å². The second-order valence-electron chi connectivity index (χ2n) is 3.56. The Morgan fingerprint density at radius 2 is 2.11 bits per heavy atom. The Kier molecular flexibility index (Phi) is 5.20. The number of hydrogen-bond acceptors (Lipinski definition) is 5. The number of amides is 2. The van der Waals surface area contributed by atoms with Crippen LogP contribution >= 0.6 is 15.9 Å². The molecule has 0 aliphatic heterocycles. The van der Waals surface area contributed by atoms with E-state index in [2.05, 4.69) is 26.2 Å². The molecule has 0 saturated carbocycles. The number of hydroxylamine groups is 1. The first-order valence-corrected chi connectivity index (χ1v) is 5.78. The molecule has 1 heterocycles. The largest absolute Gasteiger partial charge is 0.391 e. The molecule has 0 radical (unpaired) electrons. The van der Waals surface area contributed by atoms with E-state index in [-0.39, 0.29) is 5.56 Å². The minimum atomic E-state index is -1.25. The van der Waals surface area contributed by atoms with Crippen molar-refractivity contribution < 1.29 is 19.9 Å². The summed E-state index contributed by atoms with van der Waals surface area (Å²) in [6.07, 6.45) is 1.67. The van der Waals surface area contributed by atoms with Gasteiger partial charge in [0.25, 0.3) is 11.8 Å². The van der Waals surface area contributed by atoms with Gasteiger partial charge in [-0.2, -0.15) is 0 Å². The summed E-state index contributed by atoms with van der Waals surface area (Å²) in [7, 11) is 0. The van der Waals surface area contributed by atoms with Crippen molar-refractivity contribution in [1.29, 1.82) is 0 Å². The highest BCUT2D eigenvalue weighted by Crippen LogP contribution is 2.09. The maximum atomic E-state index is 11.8. The molecule has 7 nitrogen and oxygen atoms in total. The van der Waals surface area contributed by atoms with E-state index < -0.39 is 24.0 Å².